The summed E-state index contributed by atoms with van der Waals surface area (Å²) in [6.45, 7) is 8.35. The molecular weight excluding hydrogens is 212 g/mol. The first kappa shape index (κ1) is 16.4. The lowest BCUT2D eigenvalue weighted by molar-refractivity contribution is -0.124. The van der Waals surface area contributed by atoms with Crippen LogP contribution in [0.15, 0.2) is 0 Å². The molecule has 0 rings (SSSR count). The minimum absolute atomic E-state index is 0.00217. The number of carbonyl (C=O) groups excluding carboxylic acids is 1. The van der Waals surface area contributed by atoms with E-state index in [2.05, 4.69) is 26.1 Å². The Morgan fingerprint density at radius 2 is 1.82 bits per heavy atom. The van der Waals surface area contributed by atoms with Crippen molar-refractivity contribution in [2.24, 2.45) is 11.7 Å². The Balaban J connectivity index is 3.79. The van der Waals surface area contributed by atoms with Crippen LogP contribution < -0.4 is 11.1 Å². The van der Waals surface area contributed by atoms with Crippen LogP contribution in [0.2, 0.25) is 0 Å². The van der Waals surface area contributed by atoms with Crippen molar-refractivity contribution in [3.63, 3.8) is 0 Å². The predicted octanol–water partition coefficient (Wildman–Crippen LogP) is 2.83. The quantitative estimate of drug-likeness (QED) is 0.611. The molecule has 3 N–H and O–H groups in total. The molecule has 0 fully saturated rings. The van der Waals surface area contributed by atoms with E-state index in [-0.39, 0.29) is 23.9 Å². The van der Waals surface area contributed by atoms with Crippen LogP contribution in [0.25, 0.3) is 0 Å². The van der Waals surface area contributed by atoms with Crippen molar-refractivity contribution < 1.29 is 4.79 Å². The van der Waals surface area contributed by atoms with Gasteiger partial charge in [-0.05, 0) is 19.3 Å². The lowest BCUT2D eigenvalue weighted by atomic mass is 9.99. The first-order valence-electron chi connectivity index (χ1n) is 7.08. The van der Waals surface area contributed by atoms with E-state index in [1.54, 1.807) is 0 Å². The SMILES string of the molecule is CCCCCCC(C)NC(=O)[C@@H](N)C(C)CC. The summed E-state index contributed by atoms with van der Waals surface area (Å²) < 4.78 is 0. The predicted molar refractivity (Wildman–Crippen MR) is 73.8 cm³/mol. The molecule has 0 radical (unpaired) electrons. The van der Waals surface area contributed by atoms with E-state index >= 15 is 0 Å². The van der Waals surface area contributed by atoms with E-state index in [0.29, 0.717) is 0 Å². The van der Waals surface area contributed by atoms with Gasteiger partial charge in [0.05, 0.1) is 6.04 Å². The highest BCUT2D eigenvalue weighted by molar-refractivity contribution is 5.81. The average molecular weight is 242 g/mol. The first-order valence-corrected chi connectivity index (χ1v) is 7.08. The second-order valence-electron chi connectivity index (χ2n) is 5.17. The van der Waals surface area contributed by atoms with Gasteiger partial charge in [0.15, 0.2) is 0 Å². The third-order valence-electron chi connectivity index (χ3n) is 3.44. The molecule has 3 atom stereocenters. The summed E-state index contributed by atoms with van der Waals surface area (Å²) in [5.41, 5.74) is 5.88. The highest BCUT2D eigenvalue weighted by Crippen LogP contribution is 2.08. The van der Waals surface area contributed by atoms with Gasteiger partial charge < -0.3 is 11.1 Å². The molecule has 0 aromatic heterocycles. The molecule has 0 bridgehead atoms. The highest BCUT2D eigenvalue weighted by Gasteiger charge is 2.20. The maximum atomic E-state index is 11.8. The fraction of sp³-hybridized carbons (Fsp3) is 0.929. The number of hydrogen-bond acceptors (Lipinski definition) is 2. The Labute approximate surface area is 107 Å². The zero-order valence-electron chi connectivity index (χ0n) is 12.0. The van der Waals surface area contributed by atoms with E-state index in [9.17, 15) is 4.79 Å². The molecule has 102 valence electrons. The second kappa shape index (κ2) is 9.46. The van der Waals surface area contributed by atoms with Crippen LogP contribution in [0, 0.1) is 5.92 Å². The second-order valence-corrected chi connectivity index (χ2v) is 5.17. The molecular formula is C14H30N2O. The summed E-state index contributed by atoms with van der Waals surface area (Å²) in [4.78, 5) is 11.8. The third-order valence-corrected chi connectivity index (χ3v) is 3.44. The van der Waals surface area contributed by atoms with Crippen molar-refractivity contribution in [3.05, 3.63) is 0 Å². The summed E-state index contributed by atoms with van der Waals surface area (Å²) in [5.74, 6) is 0.254. The normalized spacial score (nSPS) is 16.3. The van der Waals surface area contributed by atoms with Crippen LogP contribution in [-0.4, -0.2) is 18.0 Å². The minimum Gasteiger partial charge on any atom is -0.352 e. The van der Waals surface area contributed by atoms with Crippen LogP contribution in [0.3, 0.4) is 0 Å². The standard InChI is InChI=1S/C14H30N2O/c1-5-7-8-9-10-12(4)16-14(17)13(15)11(3)6-2/h11-13H,5-10,15H2,1-4H3,(H,16,17)/t11?,12?,13-/m0/s1. The number of amides is 1. The summed E-state index contributed by atoms with van der Waals surface area (Å²) >= 11 is 0. The van der Waals surface area contributed by atoms with E-state index < -0.39 is 0 Å². The van der Waals surface area contributed by atoms with Gasteiger partial charge in [0, 0.05) is 6.04 Å². The molecule has 0 aliphatic rings. The number of nitrogens with two attached hydrogens (primary N) is 1. The van der Waals surface area contributed by atoms with Crippen molar-refractivity contribution in [1.82, 2.24) is 5.32 Å². The van der Waals surface area contributed by atoms with Gasteiger partial charge in [0.25, 0.3) is 0 Å². The van der Waals surface area contributed by atoms with Crippen molar-refractivity contribution in [2.45, 2.75) is 78.3 Å². The fourth-order valence-electron chi connectivity index (χ4n) is 1.80. The summed E-state index contributed by atoms with van der Waals surface area (Å²) in [6, 6.07) is -0.118. The topological polar surface area (TPSA) is 55.1 Å². The Bertz CT molecular complexity index is 206. The molecule has 0 spiro atoms. The number of unbranched alkanes of at least 4 members (excludes halogenated alkanes) is 3. The zero-order chi connectivity index (χ0) is 13.3. The van der Waals surface area contributed by atoms with Gasteiger partial charge in [-0.2, -0.15) is 0 Å². The number of rotatable bonds is 9. The number of hydrogen-bond donors (Lipinski definition) is 2. The Morgan fingerprint density at radius 1 is 1.18 bits per heavy atom. The third kappa shape index (κ3) is 7.37. The molecule has 0 saturated heterocycles. The van der Waals surface area contributed by atoms with Crippen LogP contribution in [-0.2, 0) is 4.79 Å². The van der Waals surface area contributed by atoms with E-state index in [0.717, 1.165) is 12.8 Å². The first-order chi connectivity index (χ1) is 8.02. The van der Waals surface area contributed by atoms with Gasteiger partial charge in [-0.15, -0.1) is 0 Å². The molecule has 2 unspecified atom stereocenters. The number of carbonyl (C=O) groups is 1. The molecule has 0 aromatic carbocycles. The average Bonchev–Trinajstić information content (AvgIpc) is 2.32. The van der Waals surface area contributed by atoms with Crippen LogP contribution in [0.1, 0.15) is 66.2 Å². The van der Waals surface area contributed by atoms with Gasteiger partial charge >= 0.3 is 0 Å². The van der Waals surface area contributed by atoms with Gasteiger partial charge in [0.1, 0.15) is 0 Å². The summed E-state index contributed by atoms with van der Waals surface area (Å²) in [6.07, 6.45) is 6.98. The molecule has 3 heteroatoms. The molecule has 17 heavy (non-hydrogen) atoms. The molecule has 3 nitrogen and oxygen atoms in total. The maximum Gasteiger partial charge on any atom is 0.237 e. The van der Waals surface area contributed by atoms with Crippen molar-refractivity contribution in [2.75, 3.05) is 0 Å². The Kier molecular flexibility index (Phi) is 9.14. The van der Waals surface area contributed by atoms with Crippen LogP contribution in [0.4, 0.5) is 0 Å². The summed E-state index contributed by atoms with van der Waals surface area (Å²) in [7, 11) is 0. The van der Waals surface area contributed by atoms with E-state index in [4.69, 9.17) is 5.73 Å². The molecule has 1 amide bonds. The molecule has 0 saturated carbocycles. The monoisotopic (exact) mass is 242 g/mol. The molecule has 0 heterocycles. The van der Waals surface area contributed by atoms with Crippen molar-refractivity contribution in [3.8, 4) is 0 Å². The van der Waals surface area contributed by atoms with Gasteiger partial charge in [-0.3, -0.25) is 4.79 Å². The molecule has 0 aliphatic carbocycles. The minimum atomic E-state index is -0.363. The number of nitrogens with one attached hydrogen (secondary N) is 1. The van der Waals surface area contributed by atoms with Gasteiger partial charge in [-0.25, -0.2) is 0 Å². The lowest BCUT2D eigenvalue weighted by Crippen LogP contribution is -2.47. The zero-order valence-corrected chi connectivity index (χ0v) is 12.0. The van der Waals surface area contributed by atoms with Crippen LogP contribution in [0.5, 0.6) is 0 Å². The summed E-state index contributed by atoms with van der Waals surface area (Å²) in [5, 5.41) is 3.01. The lowest BCUT2D eigenvalue weighted by Gasteiger charge is -2.21. The molecule has 0 aromatic rings. The smallest absolute Gasteiger partial charge is 0.237 e. The highest BCUT2D eigenvalue weighted by atomic mass is 16.2. The van der Waals surface area contributed by atoms with Crippen molar-refractivity contribution in [1.29, 1.82) is 0 Å². The Hall–Kier alpha value is -0.570. The van der Waals surface area contributed by atoms with Gasteiger partial charge in [-0.1, -0.05) is 52.9 Å². The largest absolute Gasteiger partial charge is 0.352 e. The molecule has 0 aliphatic heterocycles. The Morgan fingerprint density at radius 3 is 2.35 bits per heavy atom. The van der Waals surface area contributed by atoms with E-state index in [1.165, 1.54) is 25.7 Å². The van der Waals surface area contributed by atoms with E-state index in [1.807, 2.05) is 6.92 Å². The van der Waals surface area contributed by atoms with Crippen molar-refractivity contribution >= 4 is 5.91 Å². The fourth-order valence-corrected chi connectivity index (χ4v) is 1.80. The maximum absolute atomic E-state index is 11.8. The van der Waals surface area contributed by atoms with Gasteiger partial charge in [0.2, 0.25) is 5.91 Å². The van der Waals surface area contributed by atoms with Crippen LogP contribution >= 0.6 is 0 Å².